The van der Waals surface area contributed by atoms with Crippen LogP contribution >= 0.6 is 11.6 Å². The lowest BCUT2D eigenvalue weighted by Gasteiger charge is -2.11. The zero-order chi connectivity index (χ0) is 13.7. The third-order valence-electron chi connectivity index (χ3n) is 3.44. The van der Waals surface area contributed by atoms with E-state index in [9.17, 15) is 4.79 Å². The second-order valence-electron chi connectivity index (χ2n) is 4.95. The summed E-state index contributed by atoms with van der Waals surface area (Å²) in [6.45, 7) is 3.48. The number of halogens is 1. The molecule has 2 N–H and O–H groups in total. The van der Waals surface area contributed by atoms with Crippen LogP contribution < -0.4 is 10.6 Å². The van der Waals surface area contributed by atoms with Crippen molar-refractivity contribution in [2.45, 2.75) is 32.6 Å². The van der Waals surface area contributed by atoms with Crippen molar-refractivity contribution >= 4 is 23.3 Å². The summed E-state index contributed by atoms with van der Waals surface area (Å²) in [5.41, 5.74) is 0.564. The minimum Gasteiger partial charge on any atom is -0.370 e. The van der Waals surface area contributed by atoms with Crippen molar-refractivity contribution in [2.75, 3.05) is 18.4 Å². The highest BCUT2D eigenvalue weighted by molar-refractivity contribution is 6.29. The van der Waals surface area contributed by atoms with Crippen LogP contribution in [0.2, 0.25) is 5.15 Å². The number of carbonyl (C=O) groups is 1. The van der Waals surface area contributed by atoms with Gasteiger partial charge in [0.2, 0.25) is 0 Å². The fourth-order valence-electron chi connectivity index (χ4n) is 2.45. The van der Waals surface area contributed by atoms with Crippen molar-refractivity contribution < 1.29 is 4.79 Å². The van der Waals surface area contributed by atoms with Gasteiger partial charge in [-0.3, -0.25) is 4.79 Å². The molecule has 1 aromatic heterocycles. The van der Waals surface area contributed by atoms with Crippen LogP contribution in [0.4, 0.5) is 5.82 Å². The molecule has 1 fully saturated rings. The number of pyridine rings is 1. The van der Waals surface area contributed by atoms with Crippen molar-refractivity contribution in [1.29, 1.82) is 0 Å². The summed E-state index contributed by atoms with van der Waals surface area (Å²) in [5, 5.41) is 6.39. The van der Waals surface area contributed by atoms with Gasteiger partial charge in [0, 0.05) is 18.7 Å². The number of carbonyl (C=O) groups excluding carboxylic acids is 1. The van der Waals surface area contributed by atoms with Gasteiger partial charge in [-0.1, -0.05) is 24.4 Å². The number of rotatable bonds is 5. The van der Waals surface area contributed by atoms with Crippen LogP contribution in [-0.2, 0) is 0 Å². The molecule has 1 aromatic rings. The van der Waals surface area contributed by atoms with Gasteiger partial charge in [0.25, 0.3) is 5.91 Å². The lowest BCUT2D eigenvalue weighted by atomic mass is 10.1. The number of nitrogens with zero attached hydrogens (tertiary/aromatic N) is 1. The molecule has 0 aromatic carbocycles. The maximum absolute atomic E-state index is 12.1. The Kier molecular flexibility index (Phi) is 5.02. The maximum Gasteiger partial charge on any atom is 0.251 e. The molecule has 5 heteroatoms. The SMILES string of the molecule is CCNc1cc(C(=O)NCC2CCCC2)cc(Cl)n1. The topological polar surface area (TPSA) is 54.0 Å². The number of nitrogens with one attached hydrogen (secondary N) is 2. The number of hydrogen-bond acceptors (Lipinski definition) is 3. The monoisotopic (exact) mass is 281 g/mol. The summed E-state index contributed by atoms with van der Waals surface area (Å²) >= 11 is 5.93. The number of amides is 1. The number of hydrogen-bond donors (Lipinski definition) is 2. The van der Waals surface area contributed by atoms with Crippen molar-refractivity contribution in [3.63, 3.8) is 0 Å². The first kappa shape index (κ1) is 14.1. The van der Waals surface area contributed by atoms with Crippen LogP contribution in [0.3, 0.4) is 0 Å². The first-order valence-corrected chi connectivity index (χ1v) is 7.26. The van der Waals surface area contributed by atoms with Crippen LogP contribution in [0.5, 0.6) is 0 Å². The van der Waals surface area contributed by atoms with E-state index < -0.39 is 0 Å². The second-order valence-corrected chi connectivity index (χ2v) is 5.34. The van der Waals surface area contributed by atoms with Crippen LogP contribution in [-0.4, -0.2) is 24.0 Å². The molecule has 1 saturated carbocycles. The third-order valence-corrected chi connectivity index (χ3v) is 3.63. The molecule has 0 saturated heterocycles. The summed E-state index contributed by atoms with van der Waals surface area (Å²) < 4.78 is 0. The van der Waals surface area contributed by atoms with Crippen molar-refractivity contribution in [3.05, 3.63) is 22.8 Å². The molecule has 1 aliphatic rings. The van der Waals surface area contributed by atoms with E-state index in [-0.39, 0.29) is 5.91 Å². The molecule has 0 unspecified atom stereocenters. The van der Waals surface area contributed by atoms with E-state index in [0.717, 1.165) is 13.1 Å². The smallest absolute Gasteiger partial charge is 0.251 e. The zero-order valence-corrected chi connectivity index (χ0v) is 12.0. The molecular weight excluding hydrogens is 262 g/mol. The van der Waals surface area contributed by atoms with Crippen molar-refractivity contribution in [3.8, 4) is 0 Å². The summed E-state index contributed by atoms with van der Waals surface area (Å²) in [7, 11) is 0. The maximum atomic E-state index is 12.1. The Hall–Kier alpha value is -1.29. The van der Waals surface area contributed by atoms with Crippen molar-refractivity contribution in [1.82, 2.24) is 10.3 Å². The van der Waals surface area contributed by atoms with E-state index in [1.807, 2.05) is 6.92 Å². The van der Waals surface area contributed by atoms with Gasteiger partial charge in [-0.15, -0.1) is 0 Å². The molecule has 4 nitrogen and oxygen atoms in total. The highest BCUT2D eigenvalue weighted by Gasteiger charge is 2.16. The van der Waals surface area contributed by atoms with Crippen LogP contribution in [0.25, 0.3) is 0 Å². The molecule has 0 radical (unpaired) electrons. The Balaban J connectivity index is 1.97. The van der Waals surface area contributed by atoms with Crippen LogP contribution in [0.15, 0.2) is 12.1 Å². The number of anilines is 1. The lowest BCUT2D eigenvalue weighted by molar-refractivity contribution is 0.0947. The molecule has 19 heavy (non-hydrogen) atoms. The Morgan fingerprint density at radius 2 is 2.16 bits per heavy atom. The van der Waals surface area contributed by atoms with Crippen molar-refractivity contribution in [2.24, 2.45) is 5.92 Å². The van der Waals surface area contributed by atoms with Gasteiger partial charge in [-0.25, -0.2) is 4.98 Å². The largest absolute Gasteiger partial charge is 0.370 e. The highest BCUT2D eigenvalue weighted by atomic mass is 35.5. The molecule has 1 heterocycles. The average Bonchev–Trinajstić information content (AvgIpc) is 2.88. The standard InChI is InChI=1S/C14H20ClN3O/c1-2-16-13-8-11(7-12(15)18-13)14(19)17-9-10-5-3-4-6-10/h7-8,10H,2-6,9H2,1H3,(H,16,18)(H,17,19). The Labute approximate surface area is 118 Å². The second kappa shape index (κ2) is 6.75. The summed E-state index contributed by atoms with van der Waals surface area (Å²) in [6.07, 6.45) is 5.01. The third kappa shape index (κ3) is 4.10. The minimum absolute atomic E-state index is 0.0737. The van der Waals surface area contributed by atoms with E-state index in [1.165, 1.54) is 25.7 Å². The number of aromatic nitrogens is 1. The van der Waals surface area contributed by atoms with Gasteiger partial charge in [0.15, 0.2) is 0 Å². The fourth-order valence-corrected chi connectivity index (χ4v) is 2.66. The van der Waals surface area contributed by atoms with E-state index in [4.69, 9.17) is 11.6 Å². The highest BCUT2D eigenvalue weighted by Crippen LogP contribution is 2.24. The molecule has 2 rings (SSSR count). The molecule has 0 spiro atoms. The fraction of sp³-hybridized carbons (Fsp3) is 0.571. The van der Waals surface area contributed by atoms with Gasteiger partial charge in [-0.05, 0) is 37.8 Å². The molecule has 0 aliphatic heterocycles. The predicted molar refractivity (Wildman–Crippen MR) is 77.7 cm³/mol. The summed E-state index contributed by atoms with van der Waals surface area (Å²) in [5.74, 6) is 1.20. The zero-order valence-electron chi connectivity index (χ0n) is 11.2. The average molecular weight is 282 g/mol. The van der Waals surface area contributed by atoms with Gasteiger partial charge >= 0.3 is 0 Å². The van der Waals surface area contributed by atoms with E-state index in [0.29, 0.717) is 22.5 Å². The van der Waals surface area contributed by atoms with E-state index >= 15 is 0 Å². The predicted octanol–water partition coefficient (Wildman–Crippen LogP) is 3.09. The molecule has 0 bridgehead atoms. The molecule has 104 valence electrons. The Morgan fingerprint density at radius 3 is 2.84 bits per heavy atom. The molecule has 0 atom stereocenters. The summed E-state index contributed by atoms with van der Waals surface area (Å²) in [6, 6.07) is 3.34. The first-order valence-electron chi connectivity index (χ1n) is 6.88. The van der Waals surface area contributed by atoms with E-state index in [2.05, 4.69) is 15.6 Å². The Morgan fingerprint density at radius 1 is 1.42 bits per heavy atom. The lowest BCUT2D eigenvalue weighted by Crippen LogP contribution is -2.28. The van der Waals surface area contributed by atoms with Gasteiger partial charge in [-0.2, -0.15) is 0 Å². The first-order chi connectivity index (χ1) is 9.19. The Bertz CT molecular complexity index is 444. The molecule has 1 aliphatic carbocycles. The molecular formula is C14H20ClN3O. The quantitative estimate of drug-likeness (QED) is 0.816. The molecule has 1 amide bonds. The van der Waals surface area contributed by atoms with Crippen LogP contribution in [0.1, 0.15) is 43.0 Å². The van der Waals surface area contributed by atoms with Gasteiger partial charge in [0.05, 0.1) is 0 Å². The summed E-state index contributed by atoms with van der Waals surface area (Å²) in [4.78, 5) is 16.2. The minimum atomic E-state index is -0.0737. The van der Waals surface area contributed by atoms with Crippen LogP contribution in [0, 0.1) is 5.92 Å². The van der Waals surface area contributed by atoms with Gasteiger partial charge < -0.3 is 10.6 Å². The van der Waals surface area contributed by atoms with Gasteiger partial charge in [0.1, 0.15) is 11.0 Å². The normalized spacial score (nSPS) is 15.5. The van der Waals surface area contributed by atoms with E-state index in [1.54, 1.807) is 12.1 Å².